The molecule has 2 aromatic carbocycles. The molecule has 1 aliphatic heterocycles. The molecule has 32 heavy (non-hydrogen) atoms. The Labute approximate surface area is 181 Å². The number of aryl methyl sites for hydroxylation is 1. The number of benzene rings is 2. The van der Waals surface area contributed by atoms with Gasteiger partial charge in [0.05, 0.1) is 17.9 Å². The predicted molar refractivity (Wildman–Crippen MR) is 107 cm³/mol. The van der Waals surface area contributed by atoms with Crippen LogP contribution in [-0.2, 0) is 20.2 Å². The van der Waals surface area contributed by atoms with E-state index in [1.54, 1.807) is 0 Å². The van der Waals surface area contributed by atoms with Crippen molar-refractivity contribution in [3.63, 3.8) is 0 Å². The van der Waals surface area contributed by atoms with Crippen molar-refractivity contribution in [2.75, 3.05) is 25.1 Å². The van der Waals surface area contributed by atoms with Gasteiger partial charge in [0.25, 0.3) is 12.4 Å². The van der Waals surface area contributed by atoms with E-state index in [2.05, 4.69) is 11.9 Å². The molecule has 1 atom stereocenters. The molecule has 2 aromatic rings. The molecule has 0 unspecified atom stereocenters. The van der Waals surface area contributed by atoms with Gasteiger partial charge in [0, 0.05) is 17.8 Å². The average molecular weight is 452 g/mol. The molecular formula is C22H20F4N2O4. The summed E-state index contributed by atoms with van der Waals surface area (Å²) >= 11 is 0. The maximum absolute atomic E-state index is 15.2. The molecule has 1 saturated heterocycles. The fourth-order valence-corrected chi connectivity index (χ4v) is 3.24. The summed E-state index contributed by atoms with van der Waals surface area (Å²) in [6.45, 7) is 4.85. The summed E-state index contributed by atoms with van der Waals surface area (Å²) in [4.78, 5) is 24.2. The zero-order chi connectivity index (χ0) is 23.5. The van der Waals surface area contributed by atoms with Crippen LogP contribution in [-0.4, -0.2) is 43.3 Å². The number of morpholine rings is 1. The largest absolute Gasteiger partial charge is 0.441 e. The van der Waals surface area contributed by atoms with E-state index in [1.807, 2.05) is 0 Å². The van der Waals surface area contributed by atoms with E-state index in [4.69, 9.17) is 9.47 Å². The number of nitrogens with one attached hydrogen (secondary N) is 1. The first kappa shape index (κ1) is 23.3. The number of alkyl halides is 2. The van der Waals surface area contributed by atoms with Crippen LogP contribution in [0.25, 0.3) is 0 Å². The lowest BCUT2D eigenvalue weighted by Gasteiger charge is -2.39. The normalized spacial score (nSPS) is 16.4. The second kappa shape index (κ2) is 9.39. The highest BCUT2D eigenvalue weighted by Gasteiger charge is 2.44. The number of nitrogens with zero attached hydrogens (tertiary/aromatic N) is 1. The van der Waals surface area contributed by atoms with Gasteiger partial charge >= 0.3 is 5.92 Å². The van der Waals surface area contributed by atoms with Crippen LogP contribution in [0.2, 0.25) is 0 Å². The number of carbonyl (C=O) groups excluding carboxylic acids is 2. The van der Waals surface area contributed by atoms with Crippen LogP contribution >= 0.6 is 0 Å². The molecule has 1 amide bonds. The van der Waals surface area contributed by atoms with Crippen molar-refractivity contribution in [2.24, 2.45) is 0 Å². The minimum atomic E-state index is -3.92. The van der Waals surface area contributed by atoms with Crippen LogP contribution < -0.4 is 5.32 Å². The third-order valence-corrected chi connectivity index (χ3v) is 4.99. The first-order valence-electron chi connectivity index (χ1n) is 9.53. The Morgan fingerprint density at radius 3 is 2.66 bits per heavy atom. The van der Waals surface area contributed by atoms with E-state index < -0.39 is 41.0 Å². The molecule has 6 nitrogen and oxygen atoms in total. The second-order valence-electron chi connectivity index (χ2n) is 7.09. The van der Waals surface area contributed by atoms with Gasteiger partial charge in [-0.25, -0.2) is 8.78 Å². The van der Waals surface area contributed by atoms with Crippen LogP contribution in [0.1, 0.15) is 21.5 Å². The van der Waals surface area contributed by atoms with Crippen LogP contribution in [0.4, 0.5) is 23.2 Å². The summed E-state index contributed by atoms with van der Waals surface area (Å²) in [5, 5.41) is 2.46. The van der Waals surface area contributed by atoms with E-state index >= 15 is 8.78 Å². The maximum Gasteiger partial charge on any atom is 0.315 e. The standard InChI is InChI=1S/C22H20F4N2O4/c1-13-9-16(4-6-18(13)23)27-21(30)15-3-5-19(24)17(10-15)22(25,26)14(2)28-7-8-31-11-20(28)32-12-29/h3-6,9-10,12,20H,2,7-8,11H2,1H3,(H,27,30)/t20-/m1/s1. The minimum absolute atomic E-state index is 0.0569. The Bertz CT molecular complexity index is 1040. The summed E-state index contributed by atoms with van der Waals surface area (Å²) in [5.74, 6) is -6.42. The van der Waals surface area contributed by atoms with E-state index in [1.165, 1.54) is 19.1 Å². The summed E-state index contributed by atoms with van der Waals surface area (Å²) in [5.41, 5.74) is -1.58. The first-order chi connectivity index (χ1) is 15.1. The highest BCUT2D eigenvalue weighted by atomic mass is 19.3. The van der Waals surface area contributed by atoms with Gasteiger partial charge in [-0.1, -0.05) is 6.58 Å². The number of ether oxygens (including phenoxy) is 2. The predicted octanol–water partition coefficient (Wildman–Crippen LogP) is 3.96. The van der Waals surface area contributed by atoms with Crippen molar-refractivity contribution >= 4 is 18.1 Å². The molecule has 1 heterocycles. The molecule has 3 rings (SSSR count). The van der Waals surface area contributed by atoms with Crippen LogP contribution in [0.5, 0.6) is 0 Å². The van der Waals surface area contributed by atoms with Crippen LogP contribution in [0.15, 0.2) is 48.7 Å². The quantitative estimate of drug-likeness (QED) is 0.509. The van der Waals surface area contributed by atoms with Gasteiger partial charge in [-0.05, 0) is 48.9 Å². The van der Waals surface area contributed by atoms with Gasteiger partial charge in [-0.15, -0.1) is 0 Å². The highest BCUT2D eigenvalue weighted by Crippen LogP contribution is 2.39. The molecule has 0 aromatic heterocycles. The smallest absolute Gasteiger partial charge is 0.315 e. The van der Waals surface area contributed by atoms with Crippen LogP contribution in [0, 0.1) is 18.6 Å². The molecule has 1 aliphatic rings. The number of amides is 1. The van der Waals surface area contributed by atoms with Gasteiger partial charge in [0.1, 0.15) is 18.2 Å². The maximum atomic E-state index is 15.2. The van der Waals surface area contributed by atoms with Gasteiger partial charge in [-0.3, -0.25) is 9.59 Å². The summed E-state index contributed by atoms with van der Waals surface area (Å²) < 4.78 is 68.2. The zero-order valence-corrected chi connectivity index (χ0v) is 17.0. The molecule has 0 radical (unpaired) electrons. The van der Waals surface area contributed by atoms with E-state index in [0.29, 0.717) is 0 Å². The van der Waals surface area contributed by atoms with Crippen molar-refractivity contribution in [3.8, 4) is 0 Å². The van der Waals surface area contributed by atoms with Crippen LogP contribution in [0.3, 0.4) is 0 Å². The van der Waals surface area contributed by atoms with Gasteiger partial charge in [0.2, 0.25) is 0 Å². The summed E-state index contributed by atoms with van der Waals surface area (Å²) in [6, 6.07) is 6.37. The Hall–Kier alpha value is -3.40. The van der Waals surface area contributed by atoms with Crippen molar-refractivity contribution < 1.29 is 36.6 Å². The number of hydrogen-bond donors (Lipinski definition) is 1. The van der Waals surface area contributed by atoms with Crippen molar-refractivity contribution in [1.29, 1.82) is 0 Å². The number of allylic oxidation sites excluding steroid dienone is 1. The SMILES string of the molecule is C=C(N1CCOC[C@H]1OC=O)C(F)(F)c1cc(C(=O)Nc2ccc(F)c(C)c2)ccc1F. The number of rotatable bonds is 7. The van der Waals surface area contributed by atoms with Gasteiger partial charge < -0.3 is 19.7 Å². The Morgan fingerprint density at radius 1 is 1.25 bits per heavy atom. The molecule has 170 valence electrons. The van der Waals surface area contributed by atoms with Crippen molar-refractivity contribution in [1.82, 2.24) is 4.90 Å². The minimum Gasteiger partial charge on any atom is -0.441 e. The first-order valence-corrected chi connectivity index (χ1v) is 9.53. The topological polar surface area (TPSA) is 67.9 Å². The van der Waals surface area contributed by atoms with E-state index in [-0.39, 0.29) is 43.0 Å². The lowest BCUT2D eigenvalue weighted by Crippen LogP contribution is -2.49. The highest BCUT2D eigenvalue weighted by molar-refractivity contribution is 6.04. The molecular weight excluding hydrogens is 432 g/mol. The summed E-state index contributed by atoms with van der Waals surface area (Å²) in [6.07, 6.45) is -1.14. The molecule has 1 fully saturated rings. The Kier molecular flexibility index (Phi) is 6.83. The molecule has 0 saturated carbocycles. The van der Waals surface area contributed by atoms with E-state index in [0.717, 1.165) is 29.2 Å². The lowest BCUT2D eigenvalue weighted by atomic mass is 10.0. The Balaban J connectivity index is 1.87. The average Bonchev–Trinajstić information content (AvgIpc) is 2.76. The number of halogens is 4. The lowest BCUT2D eigenvalue weighted by molar-refractivity contribution is -0.162. The molecule has 0 bridgehead atoms. The number of hydrogen-bond acceptors (Lipinski definition) is 5. The molecule has 0 spiro atoms. The van der Waals surface area contributed by atoms with Gasteiger partial charge in [-0.2, -0.15) is 8.78 Å². The van der Waals surface area contributed by atoms with E-state index in [9.17, 15) is 18.4 Å². The molecule has 10 heteroatoms. The van der Waals surface area contributed by atoms with Gasteiger partial charge in [0.15, 0.2) is 6.23 Å². The second-order valence-corrected chi connectivity index (χ2v) is 7.09. The number of anilines is 1. The van der Waals surface area contributed by atoms with Crippen molar-refractivity contribution in [2.45, 2.75) is 19.1 Å². The Morgan fingerprint density at radius 2 is 1.97 bits per heavy atom. The van der Waals surface area contributed by atoms with Crippen molar-refractivity contribution in [3.05, 3.63) is 77.0 Å². The fraction of sp³-hybridized carbons (Fsp3) is 0.273. The third-order valence-electron chi connectivity index (χ3n) is 4.99. The third kappa shape index (κ3) is 4.75. The monoisotopic (exact) mass is 452 g/mol. The zero-order valence-electron chi connectivity index (χ0n) is 17.0. The molecule has 0 aliphatic carbocycles. The fourth-order valence-electron chi connectivity index (χ4n) is 3.24. The summed E-state index contributed by atoms with van der Waals surface area (Å²) in [7, 11) is 0. The molecule has 1 N–H and O–H groups in total. The number of carbonyl (C=O) groups is 2.